The van der Waals surface area contributed by atoms with Crippen LogP contribution in [-0.2, 0) is 72.1 Å². The van der Waals surface area contributed by atoms with Crippen molar-refractivity contribution in [2.45, 2.75) is 0 Å². The van der Waals surface area contributed by atoms with E-state index in [9.17, 15) is 30.1 Å². The average molecular weight is 383 g/mol. The molecule has 0 aromatic heterocycles. The quantitative estimate of drug-likeness (QED) is 0.405. The van der Waals surface area contributed by atoms with Gasteiger partial charge in [0.2, 0.25) is 0 Å². The molecule has 0 N–H and O–H groups in total. The van der Waals surface area contributed by atoms with Gasteiger partial charge in [0.25, 0.3) is 0 Å². The minimum Gasteiger partial charge on any atom is -0.872 e. The van der Waals surface area contributed by atoms with Gasteiger partial charge in [-0.2, -0.15) is 0 Å². The fraction of sp³-hybridized carbons (Fsp3) is 0. The van der Waals surface area contributed by atoms with E-state index in [-0.39, 0.29) is 58.4 Å². The van der Waals surface area contributed by atoms with Gasteiger partial charge < -0.3 is 43.9 Å². The van der Waals surface area contributed by atoms with E-state index in [0.717, 1.165) is 0 Å². The fourth-order valence-electron chi connectivity index (χ4n) is 0.336. The second-order valence-corrected chi connectivity index (χ2v) is 1.56. The van der Waals surface area contributed by atoms with Gasteiger partial charge in [0, 0.05) is 14.6 Å². The topological polar surface area (TPSA) is 166 Å². The van der Waals surface area contributed by atoms with Crippen LogP contribution >= 0.6 is 0 Å². The van der Waals surface area contributed by atoms with Gasteiger partial charge >= 0.3 is 73.1 Å². The first kappa shape index (κ1) is 26.4. The zero-order chi connectivity index (χ0) is 10.4. The third-order valence-electron chi connectivity index (χ3n) is 0.667. The zero-order valence-electron chi connectivity index (χ0n) is 8.10. The molecule has 0 rings (SSSR count). The van der Waals surface area contributed by atoms with Crippen LogP contribution in [0.5, 0.6) is 0 Å². The minimum absolute atomic E-state index is 0. The van der Waals surface area contributed by atoms with Gasteiger partial charge in [0.1, 0.15) is 0 Å². The molecule has 0 aliphatic carbocycles. The largest absolute Gasteiger partial charge is 2.00 e. The average Bonchev–Trinajstić information content (AvgIpc) is 1.80. The van der Waals surface area contributed by atoms with Crippen molar-refractivity contribution in [2.75, 3.05) is 0 Å². The van der Waals surface area contributed by atoms with E-state index in [0.29, 0.717) is 0 Å². The molecule has 0 aromatic rings. The van der Waals surface area contributed by atoms with Crippen LogP contribution in [0.25, 0.3) is 0 Å². The molecule has 0 aliphatic heterocycles. The predicted molar refractivity (Wildman–Crippen MR) is 26.3 cm³/mol. The third kappa shape index (κ3) is 18.1. The van der Waals surface area contributed by atoms with Crippen molar-refractivity contribution in [1.82, 2.24) is 0 Å². The van der Waals surface area contributed by atoms with E-state index in [1.54, 1.807) is 0 Å². The van der Waals surface area contributed by atoms with E-state index >= 15 is 0 Å². The summed E-state index contributed by atoms with van der Waals surface area (Å²) in [7, 11) is -11.2. The molecule has 0 bridgehead atoms. The van der Waals surface area contributed by atoms with Gasteiger partial charge in [0.05, 0.1) is 0 Å². The van der Waals surface area contributed by atoms with E-state index in [1.807, 2.05) is 0 Å². The van der Waals surface area contributed by atoms with Crippen molar-refractivity contribution >= 4 is 29.3 Å². The van der Waals surface area contributed by atoms with Gasteiger partial charge in [0.15, 0.2) is 0 Å². The molecule has 16 heavy (non-hydrogen) atoms. The summed E-state index contributed by atoms with van der Waals surface area (Å²) in [6.07, 6.45) is 0. The minimum atomic E-state index is -2.93. The second kappa shape index (κ2) is 14.8. The van der Waals surface area contributed by atoms with Gasteiger partial charge in [-0.3, -0.25) is 0 Å². The van der Waals surface area contributed by atoms with Gasteiger partial charge in [-0.05, 0) is 0 Å². The maximum Gasteiger partial charge on any atom is 2.00 e. The van der Waals surface area contributed by atoms with Crippen LogP contribution < -0.4 is 30.1 Å². The molecule has 0 fully saturated rings. The Labute approximate surface area is 131 Å². The van der Waals surface area contributed by atoms with Gasteiger partial charge in [-0.25, -0.2) is 0 Å². The normalized spacial score (nSPS) is 7.88. The predicted octanol–water partition coefficient (Wildman–Crippen LogP) is -8.87. The molecule has 0 spiro atoms. The smallest absolute Gasteiger partial charge is 0.872 e. The summed E-state index contributed by atoms with van der Waals surface area (Å²) in [5.41, 5.74) is 0. The molecule has 16 heteroatoms. The van der Waals surface area contributed by atoms with Crippen molar-refractivity contribution in [2.24, 2.45) is 0 Å². The summed E-state index contributed by atoms with van der Waals surface area (Å²) in [5.74, 6) is 0. The summed E-state index contributed by atoms with van der Waals surface area (Å²) < 4.78 is 10.2. The van der Waals surface area contributed by atoms with Crippen molar-refractivity contribution < 1.29 is 102 Å². The van der Waals surface area contributed by atoms with Crippen LogP contribution in [0.2, 0.25) is 0 Å². The molecule has 9 nitrogen and oxygen atoms in total. The van der Waals surface area contributed by atoms with Crippen LogP contribution in [0.15, 0.2) is 0 Å². The summed E-state index contributed by atoms with van der Waals surface area (Å²) >= 11 is 0. The molecule has 0 saturated carbocycles. The van der Waals surface area contributed by atoms with Crippen LogP contribution in [-0.4, -0.2) is 29.3 Å². The van der Waals surface area contributed by atoms with Gasteiger partial charge in [-0.15, -0.1) is 0 Å². The van der Waals surface area contributed by atoms with Crippen molar-refractivity contribution in [3.8, 4) is 0 Å². The van der Waals surface area contributed by atoms with E-state index in [1.165, 1.54) is 0 Å². The first-order valence-corrected chi connectivity index (χ1v) is 2.83. The molecular weight excluding hydrogens is 383 g/mol. The van der Waals surface area contributed by atoms with Gasteiger partial charge in [-0.1, -0.05) is 0 Å². The Kier molecular flexibility index (Phi) is 24.4. The molecule has 0 heterocycles. The Morgan fingerprint density at radius 2 is 0.750 bits per heavy atom. The summed E-state index contributed by atoms with van der Waals surface area (Å²) in [4.78, 5) is 0. The van der Waals surface area contributed by atoms with E-state index in [4.69, 9.17) is 0 Å². The van der Waals surface area contributed by atoms with Crippen molar-refractivity contribution in [1.29, 1.82) is 0 Å². The van der Waals surface area contributed by atoms with E-state index in [2.05, 4.69) is 13.7 Å². The molecule has 0 radical (unpaired) electrons. The Hall–Kier alpha value is 1.77. The molecular formula is B4O9Zn3. The maximum absolute atomic E-state index is 10.2. The molecule has 0 amide bonds. The number of hydrogen-bond acceptors (Lipinski definition) is 9. The number of hydrogen-bond donors (Lipinski definition) is 0. The summed E-state index contributed by atoms with van der Waals surface area (Å²) in [6.45, 7) is 0. The Morgan fingerprint density at radius 3 is 0.938 bits per heavy atom. The molecule has 0 unspecified atom stereocenters. The Bertz CT molecular complexity index is 122. The van der Waals surface area contributed by atoms with Crippen molar-refractivity contribution in [3.63, 3.8) is 0 Å². The summed E-state index contributed by atoms with van der Waals surface area (Å²) in [5, 5.41) is 58.9. The Balaban J connectivity index is -0.000000240. The maximum atomic E-state index is 10.2. The van der Waals surface area contributed by atoms with Crippen LogP contribution in [0.3, 0.4) is 0 Å². The SMILES string of the molecule is [O-]B([O-])OB([O-])OB([O-])OB([O-])[O-].[Zn+2].[Zn+2].[Zn+2]. The van der Waals surface area contributed by atoms with Crippen LogP contribution in [0.4, 0.5) is 0 Å². The molecule has 0 aromatic carbocycles. The van der Waals surface area contributed by atoms with Crippen LogP contribution in [0.1, 0.15) is 0 Å². The molecule has 0 saturated heterocycles. The standard InChI is InChI=1S/B4O9.3Zn/c5-1(6)11-3(9)13-4(10)12-2(7)8;;;/q-6;3*+2. The number of rotatable bonds is 6. The fourth-order valence-corrected chi connectivity index (χ4v) is 0.336. The first-order chi connectivity index (χ1) is 5.91. The molecule has 0 aliphatic rings. The van der Waals surface area contributed by atoms with E-state index < -0.39 is 29.3 Å². The first-order valence-electron chi connectivity index (χ1n) is 2.83. The summed E-state index contributed by atoms with van der Waals surface area (Å²) in [6, 6.07) is 0. The Morgan fingerprint density at radius 1 is 0.500 bits per heavy atom. The van der Waals surface area contributed by atoms with Crippen molar-refractivity contribution in [3.05, 3.63) is 0 Å². The monoisotopic (exact) mass is 380 g/mol. The van der Waals surface area contributed by atoms with Crippen LogP contribution in [0, 0.1) is 0 Å². The molecule has 72 valence electrons. The third-order valence-corrected chi connectivity index (χ3v) is 0.667. The molecule has 0 atom stereocenters. The zero-order valence-corrected chi connectivity index (χ0v) is 17.0. The second-order valence-electron chi connectivity index (χ2n) is 1.56.